The number of nitrogens with one attached hydrogen (secondary N) is 1. The molecule has 0 bridgehead atoms. The van der Waals surface area contributed by atoms with Gasteiger partial charge in [0.25, 0.3) is 0 Å². The lowest BCUT2D eigenvalue weighted by Crippen LogP contribution is -2.04. The van der Waals surface area contributed by atoms with E-state index in [4.69, 9.17) is 28.9 Å². The van der Waals surface area contributed by atoms with E-state index in [9.17, 15) is 13.2 Å². The fourth-order valence-corrected chi connectivity index (χ4v) is 3.08. The van der Waals surface area contributed by atoms with E-state index in [0.29, 0.717) is 37.8 Å². The van der Waals surface area contributed by atoms with Gasteiger partial charge in [0.15, 0.2) is 0 Å². The van der Waals surface area contributed by atoms with Crippen LogP contribution in [0.15, 0.2) is 36.4 Å². The molecule has 0 saturated heterocycles. The number of fused-ring (bicyclic) bond motifs is 1. The van der Waals surface area contributed by atoms with Gasteiger partial charge in [0.05, 0.1) is 5.56 Å². The van der Waals surface area contributed by atoms with Gasteiger partial charge in [0.2, 0.25) is 0 Å². The highest BCUT2D eigenvalue weighted by molar-refractivity contribution is 6.36. The summed E-state index contributed by atoms with van der Waals surface area (Å²) >= 11 is 12.1. The first-order chi connectivity index (χ1) is 10.8. The van der Waals surface area contributed by atoms with Crippen molar-refractivity contribution in [3.8, 4) is 11.1 Å². The van der Waals surface area contributed by atoms with Crippen molar-refractivity contribution in [1.29, 1.82) is 0 Å². The number of H-pyrrole nitrogens is 1. The lowest BCUT2D eigenvalue weighted by atomic mass is 10.00. The van der Waals surface area contributed by atoms with Gasteiger partial charge >= 0.3 is 6.18 Å². The second-order valence-electron chi connectivity index (χ2n) is 5.06. The molecule has 0 radical (unpaired) electrons. The molecule has 0 aliphatic heterocycles. The van der Waals surface area contributed by atoms with Gasteiger partial charge in [-0.15, -0.1) is 0 Å². The number of hydrogen-bond acceptors (Lipinski definition) is 1. The summed E-state index contributed by atoms with van der Waals surface area (Å²) in [6.45, 7) is 0.143. The summed E-state index contributed by atoms with van der Waals surface area (Å²) in [5.41, 5.74) is 7.34. The third kappa shape index (κ3) is 2.92. The molecule has 0 fully saturated rings. The minimum Gasteiger partial charge on any atom is -0.357 e. The molecule has 0 amide bonds. The van der Waals surface area contributed by atoms with Gasteiger partial charge in [-0.3, -0.25) is 0 Å². The summed E-state index contributed by atoms with van der Waals surface area (Å²) in [6, 6.07) is 8.38. The van der Waals surface area contributed by atoms with E-state index in [0.717, 1.165) is 12.1 Å². The zero-order valence-electron chi connectivity index (χ0n) is 11.6. The summed E-state index contributed by atoms with van der Waals surface area (Å²) in [5.74, 6) is 0. The van der Waals surface area contributed by atoms with Crippen LogP contribution in [0.2, 0.25) is 10.0 Å². The van der Waals surface area contributed by atoms with E-state index < -0.39 is 11.7 Å². The number of rotatable bonds is 2. The number of nitrogens with two attached hydrogens (primary N) is 1. The van der Waals surface area contributed by atoms with Gasteiger partial charge in [-0.25, -0.2) is 0 Å². The number of benzene rings is 2. The van der Waals surface area contributed by atoms with Gasteiger partial charge in [-0.2, -0.15) is 13.2 Å². The third-order valence-corrected chi connectivity index (χ3v) is 4.16. The van der Waals surface area contributed by atoms with E-state index >= 15 is 0 Å². The zero-order valence-corrected chi connectivity index (χ0v) is 13.2. The number of aromatic nitrogens is 1. The Kier molecular flexibility index (Phi) is 4.04. The summed E-state index contributed by atoms with van der Waals surface area (Å²) in [6.07, 6.45) is -4.42. The summed E-state index contributed by atoms with van der Waals surface area (Å²) in [4.78, 5) is 3.05. The SMILES string of the molecule is NCc1[nH]c2ccc(C(F)(F)F)cc2c1-c1ccc(Cl)cc1Cl. The van der Waals surface area contributed by atoms with Crippen LogP contribution in [-0.4, -0.2) is 4.98 Å². The van der Waals surface area contributed by atoms with Crippen molar-refractivity contribution < 1.29 is 13.2 Å². The summed E-state index contributed by atoms with van der Waals surface area (Å²) in [7, 11) is 0. The van der Waals surface area contributed by atoms with Crippen LogP contribution in [0.25, 0.3) is 22.0 Å². The van der Waals surface area contributed by atoms with Crippen molar-refractivity contribution in [3.63, 3.8) is 0 Å². The second kappa shape index (κ2) is 5.74. The van der Waals surface area contributed by atoms with Gasteiger partial charge in [-0.05, 0) is 30.3 Å². The van der Waals surface area contributed by atoms with Crippen molar-refractivity contribution >= 4 is 34.1 Å². The van der Waals surface area contributed by atoms with Crippen molar-refractivity contribution in [1.82, 2.24) is 4.98 Å². The summed E-state index contributed by atoms with van der Waals surface area (Å²) < 4.78 is 39.0. The highest BCUT2D eigenvalue weighted by Crippen LogP contribution is 2.40. The normalized spacial score (nSPS) is 12.1. The fraction of sp³-hybridized carbons (Fsp3) is 0.125. The molecule has 0 atom stereocenters. The van der Waals surface area contributed by atoms with E-state index in [1.807, 2.05) is 0 Å². The Labute approximate surface area is 140 Å². The molecule has 23 heavy (non-hydrogen) atoms. The molecule has 0 saturated carbocycles. The van der Waals surface area contributed by atoms with Crippen molar-refractivity contribution in [3.05, 3.63) is 57.7 Å². The number of halogens is 5. The first-order valence-electron chi connectivity index (χ1n) is 6.68. The Morgan fingerprint density at radius 3 is 2.39 bits per heavy atom. The molecule has 1 aromatic heterocycles. The molecular formula is C16H11Cl2F3N2. The molecule has 0 aliphatic carbocycles. The van der Waals surface area contributed by atoms with Crippen LogP contribution in [0, 0.1) is 0 Å². The molecule has 2 aromatic carbocycles. The maximum atomic E-state index is 13.0. The van der Waals surface area contributed by atoms with E-state index in [1.165, 1.54) is 6.07 Å². The third-order valence-electron chi connectivity index (χ3n) is 3.61. The second-order valence-corrected chi connectivity index (χ2v) is 5.91. The smallest absolute Gasteiger partial charge is 0.357 e. The van der Waals surface area contributed by atoms with Crippen LogP contribution in [0.4, 0.5) is 13.2 Å². The Morgan fingerprint density at radius 1 is 1.04 bits per heavy atom. The van der Waals surface area contributed by atoms with Crippen molar-refractivity contribution in [2.24, 2.45) is 5.73 Å². The first kappa shape index (κ1) is 16.2. The lowest BCUT2D eigenvalue weighted by molar-refractivity contribution is -0.137. The van der Waals surface area contributed by atoms with E-state index in [-0.39, 0.29) is 6.54 Å². The van der Waals surface area contributed by atoms with Crippen LogP contribution in [0.3, 0.4) is 0 Å². The van der Waals surface area contributed by atoms with Crippen LogP contribution >= 0.6 is 23.2 Å². The average molecular weight is 359 g/mol. The van der Waals surface area contributed by atoms with Crippen LogP contribution in [0.1, 0.15) is 11.3 Å². The molecule has 3 N–H and O–H groups in total. The van der Waals surface area contributed by atoms with Gasteiger partial charge in [0, 0.05) is 44.3 Å². The molecule has 0 aliphatic rings. The number of hydrogen-bond donors (Lipinski definition) is 2. The lowest BCUT2D eigenvalue weighted by Gasteiger charge is -2.09. The predicted molar refractivity (Wildman–Crippen MR) is 86.6 cm³/mol. The van der Waals surface area contributed by atoms with E-state index in [1.54, 1.807) is 18.2 Å². The monoisotopic (exact) mass is 358 g/mol. The van der Waals surface area contributed by atoms with Crippen LogP contribution in [0.5, 0.6) is 0 Å². The predicted octanol–water partition coefficient (Wildman–Crippen LogP) is 5.62. The molecule has 7 heteroatoms. The zero-order chi connectivity index (χ0) is 16.8. The minimum absolute atomic E-state index is 0.143. The largest absolute Gasteiger partial charge is 0.416 e. The Morgan fingerprint density at radius 2 is 1.78 bits per heavy atom. The number of alkyl halides is 3. The topological polar surface area (TPSA) is 41.8 Å². The Bertz CT molecular complexity index is 885. The standard InChI is InChI=1S/C16H11Cl2F3N2/c17-9-2-3-10(12(18)6-9)15-11-5-8(16(19,20)21)1-4-13(11)23-14(15)7-22/h1-6,23H,7,22H2. The fourth-order valence-electron chi connectivity index (χ4n) is 2.58. The van der Waals surface area contributed by atoms with Gasteiger partial charge in [-0.1, -0.05) is 29.3 Å². The highest BCUT2D eigenvalue weighted by atomic mass is 35.5. The number of aromatic amines is 1. The molecule has 2 nitrogen and oxygen atoms in total. The highest BCUT2D eigenvalue weighted by Gasteiger charge is 2.31. The maximum Gasteiger partial charge on any atom is 0.416 e. The quantitative estimate of drug-likeness (QED) is 0.613. The Hall–Kier alpha value is -1.69. The molecule has 0 unspecified atom stereocenters. The van der Waals surface area contributed by atoms with Crippen molar-refractivity contribution in [2.75, 3.05) is 0 Å². The molecular weight excluding hydrogens is 348 g/mol. The van der Waals surface area contributed by atoms with E-state index in [2.05, 4.69) is 4.98 Å². The first-order valence-corrected chi connectivity index (χ1v) is 7.44. The van der Waals surface area contributed by atoms with Crippen LogP contribution < -0.4 is 5.73 Å². The van der Waals surface area contributed by atoms with Gasteiger partial charge in [0.1, 0.15) is 0 Å². The Balaban J connectivity index is 2.33. The minimum atomic E-state index is -4.42. The maximum absolute atomic E-state index is 13.0. The molecule has 3 rings (SSSR count). The van der Waals surface area contributed by atoms with Gasteiger partial charge < -0.3 is 10.7 Å². The molecule has 0 spiro atoms. The average Bonchev–Trinajstić information content (AvgIpc) is 2.84. The molecule has 3 aromatic rings. The molecule has 120 valence electrons. The van der Waals surface area contributed by atoms with Crippen molar-refractivity contribution in [2.45, 2.75) is 12.7 Å². The summed E-state index contributed by atoms with van der Waals surface area (Å²) in [5, 5.41) is 1.22. The molecule has 1 heterocycles. The van der Waals surface area contributed by atoms with Crippen LogP contribution in [-0.2, 0) is 12.7 Å².